The van der Waals surface area contributed by atoms with E-state index in [9.17, 15) is 13.2 Å². The summed E-state index contributed by atoms with van der Waals surface area (Å²) >= 11 is 0. The van der Waals surface area contributed by atoms with E-state index in [1.807, 2.05) is 31.2 Å². The monoisotopic (exact) mass is 366 g/mol. The first-order chi connectivity index (χ1) is 12.4. The number of nitrogens with zero attached hydrogens (tertiary/aromatic N) is 3. The third-order valence-electron chi connectivity index (χ3n) is 3.58. The van der Waals surface area contributed by atoms with Crippen LogP contribution in [-0.2, 0) is 12.7 Å². The standard InChI is InChI=1S/C17H21F3N6/c1-12-5-3-4-6-13(12)11-25-15(21-2)23-9-10-24-16-22-8-7-14(26-16)17(18,19)20/h3-8H,9-11H2,1-2H3,(H2,21,23,25)(H,22,24,26). The summed E-state index contributed by atoms with van der Waals surface area (Å²) in [5.41, 5.74) is 1.36. The normalized spacial score (nSPS) is 12.0. The molecule has 0 radical (unpaired) electrons. The Morgan fingerprint density at radius 3 is 2.58 bits per heavy atom. The van der Waals surface area contributed by atoms with Crippen molar-refractivity contribution in [3.8, 4) is 0 Å². The van der Waals surface area contributed by atoms with Gasteiger partial charge in [0.25, 0.3) is 0 Å². The van der Waals surface area contributed by atoms with Gasteiger partial charge in [-0.1, -0.05) is 24.3 Å². The number of rotatable bonds is 6. The van der Waals surface area contributed by atoms with E-state index < -0.39 is 11.9 Å². The highest BCUT2D eigenvalue weighted by molar-refractivity contribution is 5.79. The third-order valence-corrected chi connectivity index (χ3v) is 3.58. The zero-order valence-electron chi connectivity index (χ0n) is 14.6. The van der Waals surface area contributed by atoms with Crippen LogP contribution in [0.25, 0.3) is 0 Å². The van der Waals surface area contributed by atoms with Crippen LogP contribution in [0.5, 0.6) is 0 Å². The summed E-state index contributed by atoms with van der Waals surface area (Å²) in [7, 11) is 1.65. The summed E-state index contributed by atoms with van der Waals surface area (Å²) < 4.78 is 37.8. The molecule has 9 heteroatoms. The van der Waals surface area contributed by atoms with Crippen LogP contribution in [0.4, 0.5) is 19.1 Å². The van der Waals surface area contributed by atoms with Gasteiger partial charge in [-0.2, -0.15) is 13.2 Å². The molecule has 1 aromatic carbocycles. The topological polar surface area (TPSA) is 74.2 Å². The highest BCUT2D eigenvalue weighted by Crippen LogP contribution is 2.27. The molecule has 140 valence electrons. The second-order valence-electron chi connectivity index (χ2n) is 5.47. The lowest BCUT2D eigenvalue weighted by molar-refractivity contribution is -0.141. The molecule has 0 aliphatic carbocycles. The lowest BCUT2D eigenvalue weighted by Crippen LogP contribution is -2.39. The summed E-state index contributed by atoms with van der Waals surface area (Å²) in [6.45, 7) is 3.43. The number of aliphatic imine (C=N–C) groups is 1. The molecule has 2 rings (SSSR count). The summed E-state index contributed by atoms with van der Waals surface area (Å²) in [4.78, 5) is 11.3. The van der Waals surface area contributed by atoms with Crippen molar-refractivity contribution in [3.05, 3.63) is 53.3 Å². The zero-order valence-corrected chi connectivity index (χ0v) is 14.6. The van der Waals surface area contributed by atoms with Crippen molar-refractivity contribution in [3.63, 3.8) is 0 Å². The van der Waals surface area contributed by atoms with Crippen LogP contribution in [0.1, 0.15) is 16.8 Å². The van der Waals surface area contributed by atoms with E-state index in [1.54, 1.807) is 7.05 Å². The molecule has 6 nitrogen and oxygen atoms in total. The molecule has 0 bridgehead atoms. The SMILES string of the molecule is CN=C(NCCNc1nccc(C(F)(F)F)n1)NCc1ccccc1C. The van der Waals surface area contributed by atoms with Crippen molar-refractivity contribution in [1.82, 2.24) is 20.6 Å². The molecule has 0 fully saturated rings. The first-order valence-corrected chi connectivity index (χ1v) is 8.03. The Labute approximate surface area is 150 Å². The number of guanidine groups is 1. The molecule has 2 aromatic rings. The number of hydrogen-bond donors (Lipinski definition) is 3. The van der Waals surface area contributed by atoms with Gasteiger partial charge in [-0.15, -0.1) is 0 Å². The smallest absolute Gasteiger partial charge is 0.355 e. The number of alkyl halides is 3. The van der Waals surface area contributed by atoms with Crippen LogP contribution in [0.3, 0.4) is 0 Å². The van der Waals surface area contributed by atoms with Gasteiger partial charge in [0.15, 0.2) is 5.96 Å². The van der Waals surface area contributed by atoms with Gasteiger partial charge in [0, 0.05) is 32.9 Å². The molecular weight excluding hydrogens is 345 g/mol. The fourth-order valence-corrected chi connectivity index (χ4v) is 2.16. The quantitative estimate of drug-likeness (QED) is 0.416. The van der Waals surface area contributed by atoms with E-state index in [2.05, 4.69) is 30.9 Å². The van der Waals surface area contributed by atoms with Crippen molar-refractivity contribution in [2.45, 2.75) is 19.6 Å². The number of halogens is 3. The van der Waals surface area contributed by atoms with Gasteiger partial charge in [-0.3, -0.25) is 4.99 Å². The predicted molar refractivity (Wildman–Crippen MR) is 94.9 cm³/mol. The van der Waals surface area contributed by atoms with Gasteiger partial charge < -0.3 is 16.0 Å². The molecule has 26 heavy (non-hydrogen) atoms. The minimum absolute atomic E-state index is 0.0653. The van der Waals surface area contributed by atoms with Crippen molar-refractivity contribution in [2.75, 3.05) is 25.5 Å². The molecule has 0 atom stereocenters. The Morgan fingerprint density at radius 1 is 1.12 bits per heavy atom. The van der Waals surface area contributed by atoms with E-state index in [1.165, 1.54) is 5.56 Å². The number of aromatic nitrogens is 2. The molecular formula is C17H21F3N6. The van der Waals surface area contributed by atoms with Crippen LogP contribution < -0.4 is 16.0 Å². The van der Waals surface area contributed by atoms with Crippen LogP contribution >= 0.6 is 0 Å². The molecule has 0 spiro atoms. The third kappa shape index (κ3) is 5.91. The summed E-state index contributed by atoms with van der Waals surface area (Å²) in [5, 5.41) is 9.01. The van der Waals surface area contributed by atoms with E-state index in [4.69, 9.17) is 0 Å². The maximum atomic E-state index is 12.6. The molecule has 3 N–H and O–H groups in total. The predicted octanol–water partition coefficient (Wildman–Crippen LogP) is 2.58. The molecule has 1 heterocycles. The Bertz CT molecular complexity index is 745. The fraction of sp³-hybridized carbons (Fsp3) is 0.353. The highest BCUT2D eigenvalue weighted by atomic mass is 19.4. The average molecular weight is 366 g/mol. The minimum atomic E-state index is -4.49. The minimum Gasteiger partial charge on any atom is -0.355 e. The first kappa shape index (κ1) is 19.5. The summed E-state index contributed by atoms with van der Waals surface area (Å²) in [6, 6.07) is 8.85. The van der Waals surface area contributed by atoms with E-state index in [0.717, 1.165) is 17.8 Å². The number of benzene rings is 1. The van der Waals surface area contributed by atoms with Crippen LogP contribution in [0.2, 0.25) is 0 Å². The molecule has 0 saturated carbocycles. The Kier molecular flexibility index (Phi) is 6.76. The van der Waals surface area contributed by atoms with Gasteiger partial charge >= 0.3 is 6.18 Å². The molecule has 0 unspecified atom stereocenters. The summed E-state index contributed by atoms with van der Waals surface area (Å²) in [6.07, 6.45) is -3.41. The fourth-order valence-electron chi connectivity index (χ4n) is 2.16. The van der Waals surface area contributed by atoms with Crippen LogP contribution in [-0.4, -0.2) is 36.1 Å². The summed E-state index contributed by atoms with van der Waals surface area (Å²) in [5.74, 6) is 0.532. The average Bonchev–Trinajstić information content (AvgIpc) is 2.62. The van der Waals surface area contributed by atoms with Gasteiger partial charge in [0.2, 0.25) is 5.95 Å². The van der Waals surface area contributed by atoms with Crippen molar-refractivity contribution in [2.24, 2.45) is 4.99 Å². The maximum absolute atomic E-state index is 12.6. The van der Waals surface area contributed by atoms with E-state index in [0.29, 0.717) is 25.6 Å². The first-order valence-electron chi connectivity index (χ1n) is 8.03. The number of aryl methyl sites for hydroxylation is 1. The molecule has 0 saturated heterocycles. The van der Waals surface area contributed by atoms with E-state index in [-0.39, 0.29) is 5.95 Å². The van der Waals surface area contributed by atoms with Crippen molar-refractivity contribution >= 4 is 11.9 Å². The van der Waals surface area contributed by atoms with Gasteiger partial charge in [-0.25, -0.2) is 9.97 Å². The van der Waals surface area contributed by atoms with Gasteiger partial charge in [0.1, 0.15) is 5.69 Å². The Hall–Kier alpha value is -2.84. The number of anilines is 1. The zero-order chi connectivity index (χ0) is 19.0. The second kappa shape index (κ2) is 9.02. The van der Waals surface area contributed by atoms with E-state index >= 15 is 0 Å². The number of hydrogen-bond acceptors (Lipinski definition) is 4. The van der Waals surface area contributed by atoms with Crippen molar-refractivity contribution in [1.29, 1.82) is 0 Å². The second-order valence-corrected chi connectivity index (χ2v) is 5.47. The lowest BCUT2D eigenvalue weighted by Gasteiger charge is -2.13. The van der Waals surface area contributed by atoms with Crippen molar-refractivity contribution < 1.29 is 13.2 Å². The molecule has 1 aromatic heterocycles. The Morgan fingerprint density at radius 2 is 1.88 bits per heavy atom. The largest absolute Gasteiger partial charge is 0.433 e. The van der Waals surface area contributed by atoms with Gasteiger partial charge in [-0.05, 0) is 24.1 Å². The Balaban J connectivity index is 1.77. The number of nitrogens with one attached hydrogen (secondary N) is 3. The van der Waals surface area contributed by atoms with Crippen LogP contribution in [0.15, 0.2) is 41.5 Å². The highest BCUT2D eigenvalue weighted by Gasteiger charge is 2.32. The molecule has 0 amide bonds. The lowest BCUT2D eigenvalue weighted by atomic mass is 10.1. The molecule has 0 aliphatic heterocycles. The van der Waals surface area contributed by atoms with Crippen LogP contribution in [0, 0.1) is 6.92 Å². The molecule has 0 aliphatic rings. The maximum Gasteiger partial charge on any atom is 0.433 e. The van der Waals surface area contributed by atoms with Gasteiger partial charge in [0.05, 0.1) is 0 Å².